The Morgan fingerprint density at radius 3 is 2.00 bits per heavy atom. The van der Waals surface area contributed by atoms with Crippen LogP contribution in [0.1, 0.15) is 26.3 Å². The quantitative estimate of drug-likeness (QED) is 0.904. The predicted octanol–water partition coefficient (Wildman–Crippen LogP) is 3.77. The zero-order valence-corrected chi connectivity index (χ0v) is 11.4. The van der Waals surface area contributed by atoms with E-state index in [4.69, 9.17) is 11.6 Å². The first-order valence-corrected chi connectivity index (χ1v) is 6.46. The van der Waals surface area contributed by atoms with Crippen LogP contribution in [0.3, 0.4) is 0 Å². The van der Waals surface area contributed by atoms with Gasteiger partial charge in [-0.3, -0.25) is 0 Å². The number of benzene rings is 1. The molecular weight excluding hydrogens is 288 g/mol. The zero-order chi connectivity index (χ0) is 14.2. The van der Waals surface area contributed by atoms with Crippen LogP contribution < -0.4 is 0 Å². The standard InChI is InChI=1S/C13H9ClO4S/c1-6-4-7(12(15)16)11(8(5-6)13(17)18)9-2-3-10(14)19-9/h2-5H,1H3,(H,15,16)(H,17,18). The summed E-state index contributed by atoms with van der Waals surface area (Å²) >= 11 is 6.98. The summed E-state index contributed by atoms with van der Waals surface area (Å²) < 4.78 is 0.475. The van der Waals surface area contributed by atoms with Crippen LogP contribution in [-0.2, 0) is 0 Å². The van der Waals surface area contributed by atoms with Crippen LogP contribution in [0.15, 0.2) is 24.3 Å². The van der Waals surface area contributed by atoms with E-state index in [-0.39, 0.29) is 16.7 Å². The first-order valence-electron chi connectivity index (χ1n) is 5.27. The van der Waals surface area contributed by atoms with Crippen molar-refractivity contribution in [3.63, 3.8) is 0 Å². The minimum Gasteiger partial charge on any atom is -0.478 e. The van der Waals surface area contributed by atoms with Gasteiger partial charge in [0.15, 0.2) is 0 Å². The van der Waals surface area contributed by atoms with E-state index >= 15 is 0 Å². The molecule has 2 N–H and O–H groups in total. The van der Waals surface area contributed by atoms with Gasteiger partial charge in [-0.1, -0.05) is 11.6 Å². The summed E-state index contributed by atoms with van der Waals surface area (Å²) in [5.74, 6) is -2.32. The maximum absolute atomic E-state index is 11.3. The van der Waals surface area contributed by atoms with E-state index in [1.54, 1.807) is 19.1 Å². The van der Waals surface area contributed by atoms with E-state index in [9.17, 15) is 19.8 Å². The highest BCUT2D eigenvalue weighted by atomic mass is 35.5. The molecule has 6 heteroatoms. The molecule has 1 aromatic carbocycles. The van der Waals surface area contributed by atoms with Gasteiger partial charge in [0, 0.05) is 10.4 Å². The number of hydrogen-bond acceptors (Lipinski definition) is 3. The fraction of sp³-hybridized carbons (Fsp3) is 0.0769. The molecule has 1 aromatic heterocycles. The van der Waals surface area contributed by atoms with Gasteiger partial charge >= 0.3 is 11.9 Å². The van der Waals surface area contributed by atoms with Crippen molar-refractivity contribution in [2.24, 2.45) is 0 Å². The average Bonchev–Trinajstić information content (AvgIpc) is 2.74. The molecular formula is C13H9ClO4S. The predicted molar refractivity (Wildman–Crippen MR) is 73.4 cm³/mol. The summed E-state index contributed by atoms with van der Waals surface area (Å²) in [5.41, 5.74) is 0.718. The van der Waals surface area contributed by atoms with Gasteiger partial charge in [-0.05, 0) is 36.8 Å². The largest absolute Gasteiger partial charge is 0.478 e. The number of hydrogen-bond donors (Lipinski definition) is 2. The van der Waals surface area contributed by atoms with E-state index in [0.717, 1.165) is 11.3 Å². The number of carboxylic acid groups (broad SMARTS) is 2. The van der Waals surface area contributed by atoms with Gasteiger partial charge in [-0.2, -0.15) is 0 Å². The minimum atomic E-state index is -1.16. The topological polar surface area (TPSA) is 74.6 Å². The molecule has 19 heavy (non-hydrogen) atoms. The Bertz CT molecular complexity index is 640. The number of carbonyl (C=O) groups is 2. The fourth-order valence-electron chi connectivity index (χ4n) is 1.84. The molecule has 0 spiro atoms. The Labute approximate surface area is 117 Å². The second-order valence-corrected chi connectivity index (χ2v) is 5.66. The number of rotatable bonds is 3. The molecule has 0 bridgehead atoms. The lowest BCUT2D eigenvalue weighted by Crippen LogP contribution is -2.07. The van der Waals surface area contributed by atoms with Crippen molar-refractivity contribution < 1.29 is 19.8 Å². The second-order valence-electron chi connectivity index (χ2n) is 3.95. The van der Waals surface area contributed by atoms with E-state index in [0.29, 0.717) is 14.8 Å². The van der Waals surface area contributed by atoms with Crippen LogP contribution in [-0.4, -0.2) is 22.2 Å². The van der Waals surface area contributed by atoms with E-state index in [1.165, 1.54) is 12.1 Å². The number of carboxylic acids is 2. The third kappa shape index (κ3) is 2.62. The number of halogens is 1. The van der Waals surface area contributed by atoms with Gasteiger partial charge in [0.1, 0.15) is 0 Å². The van der Waals surface area contributed by atoms with Crippen LogP contribution in [0.25, 0.3) is 10.4 Å². The highest BCUT2D eigenvalue weighted by molar-refractivity contribution is 7.19. The molecule has 0 aliphatic heterocycles. The maximum atomic E-state index is 11.3. The summed E-state index contributed by atoms with van der Waals surface area (Å²) in [7, 11) is 0. The molecule has 0 aliphatic rings. The van der Waals surface area contributed by atoms with Gasteiger partial charge < -0.3 is 10.2 Å². The van der Waals surface area contributed by atoms with Crippen molar-refractivity contribution in [1.29, 1.82) is 0 Å². The molecule has 0 saturated carbocycles. The summed E-state index contributed by atoms with van der Waals surface area (Å²) in [6.07, 6.45) is 0. The molecule has 4 nitrogen and oxygen atoms in total. The second kappa shape index (κ2) is 5.03. The molecule has 98 valence electrons. The van der Waals surface area contributed by atoms with Crippen molar-refractivity contribution in [2.45, 2.75) is 6.92 Å². The fourth-order valence-corrected chi connectivity index (χ4v) is 2.95. The summed E-state index contributed by atoms with van der Waals surface area (Å²) in [6.45, 7) is 1.66. The van der Waals surface area contributed by atoms with Gasteiger partial charge in [0.25, 0.3) is 0 Å². The Morgan fingerprint density at radius 1 is 1.11 bits per heavy atom. The number of aromatic carboxylic acids is 2. The van der Waals surface area contributed by atoms with Gasteiger partial charge in [0.2, 0.25) is 0 Å². The monoisotopic (exact) mass is 296 g/mol. The smallest absolute Gasteiger partial charge is 0.336 e. The molecule has 2 aromatic rings. The van der Waals surface area contributed by atoms with Crippen LogP contribution >= 0.6 is 22.9 Å². The Kier molecular flexibility index (Phi) is 3.59. The molecule has 0 aliphatic carbocycles. The lowest BCUT2D eigenvalue weighted by Gasteiger charge is -2.09. The highest BCUT2D eigenvalue weighted by Crippen LogP contribution is 2.36. The third-order valence-corrected chi connectivity index (χ3v) is 3.81. The Hall–Kier alpha value is -1.85. The van der Waals surface area contributed by atoms with Crippen molar-refractivity contribution in [1.82, 2.24) is 0 Å². The van der Waals surface area contributed by atoms with Crippen LogP contribution in [0.2, 0.25) is 4.34 Å². The molecule has 0 atom stereocenters. The SMILES string of the molecule is Cc1cc(C(=O)O)c(-c2ccc(Cl)s2)c(C(=O)O)c1. The van der Waals surface area contributed by atoms with Crippen molar-refractivity contribution in [3.8, 4) is 10.4 Å². The first-order chi connectivity index (χ1) is 8.90. The minimum absolute atomic E-state index is 0.0316. The maximum Gasteiger partial charge on any atom is 0.336 e. The Morgan fingerprint density at radius 2 is 1.63 bits per heavy atom. The van der Waals surface area contributed by atoms with Crippen molar-refractivity contribution in [3.05, 3.63) is 45.3 Å². The lowest BCUT2D eigenvalue weighted by atomic mass is 9.97. The first kappa shape index (κ1) is 13.6. The van der Waals surface area contributed by atoms with E-state index < -0.39 is 11.9 Å². The highest BCUT2D eigenvalue weighted by Gasteiger charge is 2.21. The van der Waals surface area contributed by atoms with Gasteiger partial charge in [0.05, 0.1) is 15.5 Å². The molecule has 0 radical (unpaired) electrons. The van der Waals surface area contributed by atoms with Crippen LogP contribution in [0.5, 0.6) is 0 Å². The third-order valence-electron chi connectivity index (χ3n) is 2.56. The van der Waals surface area contributed by atoms with E-state index in [2.05, 4.69) is 0 Å². The molecule has 0 unspecified atom stereocenters. The van der Waals surface area contributed by atoms with Crippen LogP contribution in [0, 0.1) is 6.92 Å². The lowest BCUT2D eigenvalue weighted by molar-refractivity contribution is 0.0696. The molecule has 0 saturated heterocycles. The zero-order valence-electron chi connectivity index (χ0n) is 9.81. The molecule has 1 heterocycles. The van der Waals surface area contributed by atoms with Gasteiger partial charge in [-0.25, -0.2) is 9.59 Å². The summed E-state index contributed by atoms with van der Waals surface area (Å²) in [4.78, 5) is 23.1. The molecule has 0 amide bonds. The number of thiophene rings is 1. The molecule has 2 rings (SSSR count). The molecule has 0 fully saturated rings. The Balaban J connectivity index is 2.81. The normalized spacial score (nSPS) is 10.4. The summed E-state index contributed by atoms with van der Waals surface area (Å²) in [5, 5.41) is 18.5. The van der Waals surface area contributed by atoms with Crippen LogP contribution in [0.4, 0.5) is 0 Å². The van der Waals surface area contributed by atoms with Gasteiger partial charge in [-0.15, -0.1) is 11.3 Å². The van der Waals surface area contributed by atoms with Crippen molar-refractivity contribution >= 4 is 34.9 Å². The van der Waals surface area contributed by atoms with Crippen molar-refractivity contribution in [2.75, 3.05) is 0 Å². The van der Waals surface area contributed by atoms with E-state index in [1.807, 2.05) is 0 Å². The number of aryl methyl sites for hydroxylation is 1. The average molecular weight is 297 g/mol. The summed E-state index contributed by atoms with van der Waals surface area (Å²) in [6, 6.07) is 6.14.